The molecule has 0 spiro atoms. The van der Waals surface area contributed by atoms with Gasteiger partial charge in [0.1, 0.15) is 0 Å². The molecule has 1 aromatic carbocycles. The first kappa shape index (κ1) is 15.0. The summed E-state index contributed by atoms with van der Waals surface area (Å²) in [4.78, 5) is 22.9. The smallest absolute Gasteiger partial charge is 0.319 e. The van der Waals surface area contributed by atoms with Gasteiger partial charge in [-0.25, -0.2) is 4.79 Å². The summed E-state index contributed by atoms with van der Waals surface area (Å²) in [7, 11) is 0. The zero-order chi connectivity index (χ0) is 14.3. The lowest BCUT2D eigenvalue weighted by molar-refractivity contribution is -0.143. The number of amides is 2. The molecule has 0 radical (unpaired) electrons. The maximum Gasteiger partial charge on any atom is 0.319 e. The van der Waals surface area contributed by atoms with Crippen molar-refractivity contribution in [1.29, 1.82) is 0 Å². The lowest BCUT2D eigenvalue weighted by Gasteiger charge is -2.14. The number of hydrogen-bond acceptors (Lipinski definition) is 3. The van der Waals surface area contributed by atoms with Gasteiger partial charge in [0.05, 0.1) is 13.0 Å². The van der Waals surface area contributed by atoms with Crippen LogP contribution >= 0.6 is 0 Å². The quantitative estimate of drug-likeness (QED) is 0.803. The van der Waals surface area contributed by atoms with E-state index in [1.165, 1.54) is 0 Å². The van der Waals surface area contributed by atoms with Crippen molar-refractivity contribution >= 4 is 17.7 Å². The minimum atomic E-state index is -0.333. The van der Waals surface area contributed by atoms with E-state index in [1.54, 1.807) is 13.8 Å². The standard InChI is InChI=1S/C14H20N2O3/c1-4-19-13(17)9-11(3)15-14(18)16-12-7-5-10(2)6-8-12/h5-8,11H,4,9H2,1-3H3,(H2,15,16,18). The molecular formula is C14H20N2O3. The molecule has 0 aromatic heterocycles. The van der Waals surface area contributed by atoms with Crippen molar-refractivity contribution in [3.63, 3.8) is 0 Å². The third-order valence-electron chi connectivity index (χ3n) is 2.47. The van der Waals surface area contributed by atoms with E-state index in [4.69, 9.17) is 4.74 Å². The maximum atomic E-state index is 11.7. The van der Waals surface area contributed by atoms with Crippen molar-refractivity contribution in [3.8, 4) is 0 Å². The number of aryl methyl sites for hydroxylation is 1. The summed E-state index contributed by atoms with van der Waals surface area (Å²) < 4.78 is 4.81. The van der Waals surface area contributed by atoms with E-state index in [9.17, 15) is 9.59 Å². The number of ether oxygens (including phenoxy) is 1. The Kier molecular flexibility index (Phi) is 5.85. The molecular weight excluding hydrogens is 244 g/mol. The second-order valence-corrected chi connectivity index (χ2v) is 4.37. The van der Waals surface area contributed by atoms with Crippen LogP contribution in [0.4, 0.5) is 10.5 Å². The topological polar surface area (TPSA) is 67.4 Å². The van der Waals surface area contributed by atoms with Crippen LogP contribution in [0.1, 0.15) is 25.8 Å². The molecule has 1 aromatic rings. The van der Waals surface area contributed by atoms with Crippen LogP contribution < -0.4 is 10.6 Å². The van der Waals surface area contributed by atoms with Gasteiger partial charge in [0.2, 0.25) is 0 Å². The first-order chi connectivity index (χ1) is 9.01. The van der Waals surface area contributed by atoms with Crippen molar-refractivity contribution in [3.05, 3.63) is 29.8 Å². The van der Waals surface area contributed by atoms with Gasteiger partial charge in [0.25, 0.3) is 0 Å². The average Bonchev–Trinajstić information content (AvgIpc) is 2.32. The van der Waals surface area contributed by atoms with Crippen LogP contribution in [-0.4, -0.2) is 24.6 Å². The van der Waals surface area contributed by atoms with Crippen LogP contribution in [0.15, 0.2) is 24.3 Å². The Labute approximate surface area is 113 Å². The van der Waals surface area contributed by atoms with Crippen molar-refractivity contribution in [2.24, 2.45) is 0 Å². The molecule has 0 aliphatic rings. The van der Waals surface area contributed by atoms with Gasteiger partial charge in [-0.15, -0.1) is 0 Å². The van der Waals surface area contributed by atoms with E-state index in [-0.39, 0.29) is 24.5 Å². The van der Waals surface area contributed by atoms with E-state index in [0.717, 1.165) is 5.56 Å². The summed E-state index contributed by atoms with van der Waals surface area (Å²) in [6, 6.07) is 6.87. The Morgan fingerprint density at radius 1 is 1.26 bits per heavy atom. The molecule has 2 amide bonds. The fraction of sp³-hybridized carbons (Fsp3) is 0.429. The lowest BCUT2D eigenvalue weighted by Crippen LogP contribution is -2.37. The molecule has 0 bridgehead atoms. The van der Waals surface area contributed by atoms with Gasteiger partial charge in [-0.1, -0.05) is 17.7 Å². The summed E-state index contributed by atoms with van der Waals surface area (Å²) in [5.74, 6) is -0.314. The summed E-state index contributed by atoms with van der Waals surface area (Å²) >= 11 is 0. The van der Waals surface area contributed by atoms with Gasteiger partial charge in [0.15, 0.2) is 0 Å². The molecule has 0 saturated carbocycles. The molecule has 0 saturated heterocycles. The predicted octanol–water partition coefficient (Wildman–Crippen LogP) is 2.46. The Morgan fingerprint density at radius 3 is 2.47 bits per heavy atom. The highest BCUT2D eigenvalue weighted by molar-refractivity contribution is 5.89. The monoisotopic (exact) mass is 264 g/mol. The molecule has 1 rings (SSSR count). The van der Waals surface area contributed by atoms with E-state index in [2.05, 4.69) is 10.6 Å². The fourth-order valence-electron chi connectivity index (χ4n) is 1.55. The molecule has 5 heteroatoms. The first-order valence-corrected chi connectivity index (χ1v) is 6.31. The SMILES string of the molecule is CCOC(=O)CC(C)NC(=O)Nc1ccc(C)cc1. The normalized spacial score (nSPS) is 11.5. The van der Waals surface area contributed by atoms with Crippen LogP contribution in [0.25, 0.3) is 0 Å². The van der Waals surface area contributed by atoms with Crippen LogP contribution in [0, 0.1) is 6.92 Å². The van der Waals surface area contributed by atoms with Gasteiger partial charge in [-0.05, 0) is 32.9 Å². The summed E-state index contributed by atoms with van der Waals surface area (Å²) in [6.07, 6.45) is 0.162. The van der Waals surface area contributed by atoms with Gasteiger partial charge in [-0.3, -0.25) is 4.79 Å². The second kappa shape index (κ2) is 7.41. The van der Waals surface area contributed by atoms with E-state index >= 15 is 0 Å². The Balaban J connectivity index is 2.38. The van der Waals surface area contributed by atoms with Crippen LogP contribution in [0.5, 0.6) is 0 Å². The number of urea groups is 1. The second-order valence-electron chi connectivity index (χ2n) is 4.37. The zero-order valence-electron chi connectivity index (χ0n) is 11.5. The number of carbonyl (C=O) groups excluding carboxylic acids is 2. The van der Waals surface area contributed by atoms with E-state index < -0.39 is 0 Å². The molecule has 19 heavy (non-hydrogen) atoms. The highest BCUT2D eigenvalue weighted by atomic mass is 16.5. The number of carbonyl (C=O) groups is 2. The molecule has 5 nitrogen and oxygen atoms in total. The number of hydrogen-bond donors (Lipinski definition) is 2. The Bertz CT molecular complexity index is 429. The highest BCUT2D eigenvalue weighted by Gasteiger charge is 2.12. The Morgan fingerprint density at radius 2 is 1.89 bits per heavy atom. The largest absolute Gasteiger partial charge is 0.466 e. The van der Waals surface area contributed by atoms with Gasteiger partial charge in [-0.2, -0.15) is 0 Å². The summed E-state index contributed by atoms with van der Waals surface area (Å²) in [5.41, 5.74) is 1.84. The van der Waals surface area contributed by atoms with Crippen molar-refractivity contribution in [1.82, 2.24) is 5.32 Å². The molecule has 1 atom stereocenters. The molecule has 0 fully saturated rings. The fourth-order valence-corrected chi connectivity index (χ4v) is 1.55. The molecule has 2 N–H and O–H groups in total. The van der Waals surface area contributed by atoms with Crippen LogP contribution in [-0.2, 0) is 9.53 Å². The van der Waals surface area contributed by atoms with Crippen molar-refractivity contribution in [2.75, 3.05) is 11.9 Å². The average molecular weight is 264 g/mol. The lowest BCUT2D eigenvalue weighted by atomic mass is 10.2. The van der Waals surface area contributed by atoms with Crippen LogP contribution in [0.3, 0.4) is 0 Å². The van der Waals surface area contributed by atoms with E-state index in [0.29, 0.717) is 12.3 Å². The summed E-state index contributed by atoms with van der Waals surface area (Å²) in [5, 5.41) is 5.38. The zero-order valence-corrected chi connectivity index (χ0v) is 11.5. The third-order valence-corrected chi connectivity index (χ3v) is 2.47. The number of benzene rings is 1. The molecule has 0 aliphatic carbocycles. The summed E-state index contributed by atoms with van der Waals surface area (Å²) in [6.45, 7) is 5.83. The molecule has 0 heterocycles. The van der Waals surface area contributed by atoms with Crippen molar-refractivity contribution in [2.45, 2.75) is 33.2 Å². The van der Waals surface area contributed by atoms with E-state index in [1.807, 2.05) is 31.2 Å². The van der Waals surface area contributed by atoms with Gasteiger partial charge in [0, 0.05) is 11.7 Å². The number of nitrogens with one attached hydrogen (secondary N) is 2. The van der Waals surface area contributed by atoms with Gasteiger partial charge < -0.3 is 15.4 Å². The van der Waals surface area contributed by atoms with Gasteiger partial charge >= 0.3 is 12.0 Å². The molecule has 0 aliphatic heterocycles. The van der Waals surface area contributed by atoms with Crippen molar-refractivity contribution < 1.29 is 14.3 Å². The molecule has 1 unspecified atom stereocenters. The predicted molar refractivity (Wildman–Crippen MR) is 74.0 cm³/mol. The Hall–Kier alpha value is -2.04. The minimum absolute atomic E-state index is 0.162. The first-order valence-electron chi connectivity index (χ1n) is 6.31. The number of rotatable bonds is 5. The van der Waals surface area contributed by atoms with Crippen LogP contribution in [0.2, 0.25) is 0 Å². The number of anilines is 1. The number of esters is 1. The molecule has 104 valence electrons. The maximum absolute atomic E-state index is 11.7. The minimum Gasteiger partial charge on any atom is -0.466 e. The highest BCUT2D eigenvalue weighted by Crippen LogP contribution is 2.08. The third kappa shape index (κ3) is 5.90.